The second kappa shape index (κ2) is 5.50. The maximum Gasteiger partial charge on any atom is 0.323 e. The highest BCUT2D eigenvalue weighted by atomic mass is 16.6. The number of aliphatic carboxylic acids is 1. The number of primary amides is 1. The molecule has 0 rings (SSSR count). The smallest absolute Gasteiger partial charge is 0.323 e. The quantitative estimate of drug-likeness (QED) is 0.444. The minimum atomic E-state index is -1.03. The van der Waals surface area contributed by atoms with Crippen molar-refractivity contribution in [3.8, 4) is 0 Å². The van der Waals surface area contributed by atoms with Gasteiger partial charge in [0, 0.05) is 0 Å². The molecule has 1 amide bonds. The number of carboxylic acid groups (broad SMARTS) is 1. The van der Waals surface area contributed by atoms with E-state index in [-0.39, 0.29) is 6.61 Å². The summed E-state index contributed by atoms with van der Waals surface area (Å²) < 4.78 is 0. The first-order valence-electron chi connectivity index (χ1n) is 3.46. The molecule has 0 aromatic heterocycles. The lowest BCUT2D eigenvalue weighted by Gasteiger charge is -2.10. The van der Waals surface area contributed by atoms with Gasteiger partial charge in [-0.15, -0.1) is 0 Å². The maximum absolute atomic E-state index is 10.3. The van der Waals surface area contributed by atoms with E-state index in [1.54, 1.807) is 6.92 Å². The predicted molar refractivity (Wildman–Crippen MR) is 40.0 cm³/mol. The second-order valence-corrected chi connectivity index (χ2v) is 2.17. The van der Waals surface area contributed by atoms with Crippen molar-refractivity contribution in [2.24, 2.45) is 5.73 Å². The standard InChI is InChI=1S/C6H12N2O4/c1-2-4(6(10)11)8-12-3-5(7)9/h4,8H,2-3H2,1H3,(H2,7,9)(H,10,11). The predicted octanol–water partition coefficient (Wildman–Crippen LogP) is -1.14. The summed E-state index contributed by atoms with van der Waals surface area (Å²) in [4.78, 5) is 25.0. The monoisotopic (exact) mass is 176 g/mol. The first kappa shape index (κ1) is 10.9. The van der Waals surface area contributed by atoms with Gasteiger partial charge in [0.1, 0.15) is 12.6 Å². The lowest BCUT2D eigenvalue weighted by molar-refractivity contribution is -0.146. The molecule has 0 saturated carbocycles. The summed E-state index contributed by atoms with van der Waals surface area (Å²) in [5.41, 5.74) is 6.94. The molecule has 0 bridgehead atoms. The normalized spacial score (nSPS) is 12.4. The van der Waals surface area contributed by atoms with E-state index >= 15 is 0 Å². The Labute approximate surface area is 69.6 Å². The zero-order chi connectivity index (χ0) is 9.56. The number of nitrogens with one attached hydrogen (secondary N) is 1. The molecule has 0 fully saturated rings. The van der Waals surface area contributed by atoms with Gasteiger partial charge in [-0.05, 0) is 6.42 Å². The van der Waals surface area contributed by atoms with E-state index in [1.807, 2.05) is 0 Å². The van der Waals surface area contributed by atoms with Gasteiger partial charge in [-0.3, -0.25) is 14.4 Å². The number of carbonyl (C=O) groups excluding carboxylic acids is 1. The number of carbonyl (C=O) groups is 2. The van der Waals surface area contributed by atoms with Crippen LogP contribution in [0.3, 0.4) is 0 Å². The molecule has 0 heterocycles. The Bertz CT molecular complexity index is 171. The number of nitrogens with two attached hydrogens (primary N) is 1. The largest absolute Gasteiger partial charge is 0.480 e. The molecule has 6 nitrogen and oxygen atoms in total. The number of carboxylic acids is 1. The molecule has 4 N–H and O–H groups in total. The van der Waals surface area contributed by atoms with Gasteiger partial charge in [-0.2, -0.15) is 5.48 Å². The topological polar surface area (TPSA) is 102 Å². The van der Waals surface area contributed by atoms with Crippen LogP contribution in [0.2, 0.25) is 0 Å². The van der Waals surface area contributed by atoms with Crippen molar-refractivity contribution >= 4 is 11.9 Å². The van der Waals surface area contributed by atoms with Crippen LogP contribution in [-0.4, -0.2) is 29.6 Å². The fourth-order valence-electron chi connectivity index (χ4n) is 0.522. The Kier molecular flexibility index (Phi) is 4.98. The molecule has 0 radical (unpaired) electrons. The summed E-state index contributed by atoms with van der Waals surface area (Å²) in [5.74, 6) is -1.68. The van der Waals surface area contributed by atoms with Gasteiger partial charge in [0.05, 0.1) is 0 Å². The van der Waals surface area contributed by atoms with E-state index in [1.165, 1.54) is 0 Å². The SMILES string of the molecule is CCC(NOCC(N)=O)C(=O)O. The number of hydroxylamine groups is 1. The first-order valence-corrected chi connectivity index (χ1v) is 3.46. The Morgan fingerprint density at radius 2 is 2.25 bits per heavy atom. The van der Waals surface area contributed by atoms with Crippen molar-refractivity contribution < 1.29 is 19.5 Å². The van der Waals surface area contributed by atoms with E-state index in [4.69, 9.17) is 10.8 Å². The zero-order valence-corrected chi connectivity index (χ0v) is 6.74. The van der Waals surface area contributed by atoms with Crippen molar-refractivity contribution in [1.82, 2.24) is 5.48 Å². The summed E-state index contributed by atoms with van der Waals surface area (Å²) in [6, 6.07) is -0.802. The highest BCUT2D eigenvalue weighted by Gasteiger charge is 2.14. The molecule has 12 heavy (non-hydrogen) atoms. The van der Waals surface area contributed by atoms with E-state index in [9.17, 15) is 9.59 Å². The van der Waals surface area contributed by atoms with Crippen molar-refractivity contribution in [3.05, 3.63) is 0 Å². The van der Waals surface area contributed by atoms with E-state index < -0.39 is 17.9 Å². The van der Waals surface area contributed by atoms with Crippen LogP contribution in [0.1, 0.15) is 13.3 Å². The molecule has 0 aliphatic carbocycles. The minimum absolute atomic E-state index is 0.330. The number of hydrogen-bond donors (Lipinski definition) is 3. The van der Waals surface area contributed by atoms with Gasteiger partial charge in [0.2, 0.25) is 5.91 Å². The molecule has 0 aromatic rings. The van der Waals surface area contributed by atoms with Gasteiger partial charge in [-0.25, -0.2) is 0 Å². The fourth-order valence-corrected chi connectivity index (χ4v) is 0.522. The van der Waals surface area contributed by atoms with Crippen LogP contribution < -0.4 is 11.2 Å². The molecule has 0 aliphatic heterocycles. The van der Waals surface area contributed by atoms with E-state index in [2.05, 4.69) is 10.3 Å². The molecule has 70 valence electrons. The second-order valence-electron chi connectivity index (χ2n) is 2.17. The summed E-state index contributed by atoms with van der Waals surface area (Å²) in [6.45, 7) is 1.35. The van der Waals surface area contributed by atoms with Gasteiger partial charge in [-0.1, -0.05) is 6.92 Å². The molecule has 0 aliphatic rings. The highest BCUT2D eigenvalue weighted by molar-refractivity contribution is 5.75. The minimum Gasteiger partial charge on any atom is -0.480 e. The Hall–Kier alpha value is -1.14. The van der Waals surface area contributed by atoms with E-state index in [0.29, 0.717) is 6.42 Å². The molecule has 0 aromatic carbocycles. The Morgan fingerprint density at radius 1 is 1.67 bits per heavy atom. The van der Waals surface area contributed by atoms with Crippen LogP contribution in [0.4, 0.5) is 0 Å². The third-order valence-corrected chi connectivity index (χ3v) is 1.15. The molecular formula is C6H12N2O4. The zero-order valence-electron chi connectivity index (χ0n) is 6.74. The van der Waals surface area contributed by atoms with Crippen LogP contribution in [-0.2, 0) is 14.4 Å². The van der Waals surface area contributed by atoms with Crippen LogP contribution in [0.5, 0.6) is 0 Å². The van der Waals surface area contributed by atoms with Gasteiger partial charge in [0.25, 0.3) is 0 Å². The molecule has 1 unspecified atom stereocenters. The van der Waals surface area contributed by atoms with Crippen LogP contribution >= 0.6 is 0 Å². The molecule has 0 spiro atoms. The number of rotatable bonds is 6. The lowest BCUT2D eigenvalue weighted by Crippen LogP contribution is -2.38. The van der Waals surface area contributed by atoms with Crippen molar-refractivity contribution in [3.63, 3.8) is 0 Å². The highest BCUT2D eigenvalue weighted by Crippen LogP contribution is 1.89. The molecular weight excluding hydrogens is 164 g/mol. The third-order valence-electron chi connectivity index (χ3n) is 1.15. The summed E-state index contributed by atoms with van der Waals surface area (Å²) in [7, 11) is 0. The van der Waals surface area contributed by atoms with Crippen molar-refractivity contribution in [2.45, 2.75) is 19.4 Å². The lowest BCUT2D eigenvalue weighted by atomic mass is 10.2. The summed E-state index contributed by atoms with van der Waals surface area (Å²) in [6.07, 6.45) is 0.369. The average Bonchev–Trinajstić information content (AvgIpc) is 1.96. The average molecular weight is 176 g/mol. The fraction of sp³-hybridized carbons (Fsp3) is 0.667. The number of amides is 1. The van der Waals surface area contributed by atoms with Crippen LogP contribution in [0, 0.1) is 0 Å². The van der Waals surface area contributed by atoms with Crippen LogP contribution in [0.25, 0.3) is 0 Å². The Morgan fingerprint density at radius 3 is 2.58 bits per heavy atom. The summed E-state index contributed by atoms with van der Waals surface area (Å²) in [5, 5.41) is 8.48. The maximum atomic E-state index is 10.3. The molecule has 1 atom stereocenters. The first-order chi connectivity index (χ1) is 5.57. The van der Waals surface area contributed by atoms with Gasteiger partial charge < -0.3 is 10.8 Å². The third kappa shape index (κ3) is 4.64. The van der Waals surface area contributed by atoms with E-state index in [0.717, 1.165) is 0 Å². The van der Waals surface area contributed by atoms with Crippen molar-refractivity contribution in [2.75, 3.05) is 6.61 Å². The van der Waals surface area contributed by atoms with Gasteiger partial charge in [0.15, 0.2) is 0 Å². The Balaban J connectivity index is 3.59. The van der Waals surface area contributed by atoms with Gasteiger partial charge >= 0.3 is 5.97 Å². The van der Waals surface area contributed by atoms with Crippen LogP contribution in [0.15, 0.2) is 0 Å². The van der Waals surface area contributed by atoms with Crippen molar-refractivity contribution in [1.29, 1.82) is 0 Å². The number of hydrogen-bond acceptors (Lipinski definition) is 4. The molecule has 0 saturated heterocycles. The molecule has 6 heteroatoms. The summed E-state index contributed by atoms with van der Waals surface area (Å²) >= 11 is 0.